The molecule has 0 aliphatic carbocycles. The average molecular weight is 414 g/mol. The largest absolute Gasteiger partial charge is 0.379 e. The summed E-state index contributed by atoms with van der Waals surface area (Å²) in [5.74, 6) is 0.995. The highest BCUT2D eigenvalue weighted by Crippen LogP contribution is 2.22. The molecule has 7 heteroatoms. The van der Waals surface area contributed by atoms with Crippen LogP contribution in [0.25, 0.3) is 0 Å². The Morgan fingerprint density at radius 3 is 2.55 bits per heavy atom. The Balaban J connectivity index is 1.28. The van der Waals surface area contributed by atoms with Crippen LogP contribution in [0.4, 0.5) is 5.00 Å². The number of thiophene rings is 1. The molecule has 2 aliphatic rings. The number of anilines is 1. The number of nitrogens with one attached hydrogen (secondary N) is 1. The molecule has 1 aromatic heterocycles. The Bertz CT molecular complexity index is 780. The van der Waals surface area contributed by atoms with Crippen molar-refractivity contribution >= 4 is 22.3 Å². The lowest BCUT2D eigenvalue weighted by atomic mass is 10.1. The van der Waals surface area contributed by atoms with Crippen LogP contribution in [0.2, 0.25) is 0 Å². The molecule has 0 saturated carbocycles. The van der Waals surface area contributed by atoms with E-state index in [0.29, 0.717) is 0 Å². The van der Waals surface area contributed by atoms with Crippen LogP contribution in [0.3, 0.4) is 0 Å². The SMILES string of the molecule is CN=C(NCc1cccc(CN2CCOCC2)c1)N1CCN(c2cccs2)CC1. The van der Waals surface area contributed by atoms with Gasteiger partial charge in [-0.2, -0.15) is 0 Å². The van der Waals surface area contributed by atoms with Gasteiger partial charge >= 0.3 is 0 Å². The highest BCUT2D eigenvalue weighted by atomic mass is 32.1. The van der Waals surface area contributed by atoms with Gasteiger partial charge in [-0.1, -0.05) is 24.3 Å². The second kappa shape index (κ2) is 10.1. The van der Waals surface area contributed by atoms with Gasteiger partial charge in [-0.05, 0) is 28.6 Å². The smallest absolute Gasteiger partial charge is 0.194 e. The standard InChI is InChI=1S/C22H31N5OS/c1-23-22(27-9-7-26(8-10-27)21-6-3-15-29-21)24-17-19-4-2-5-20(16-19)18-25-11-13-28-14-12-25/h2-6,15-16H,7-14,17-18H2,1H3,(H,23,24). The number of guanidine groups is 1. The molecular formula is C22H31N5OS. The Labute approximate surface area is 177 Å². The number of benzene rings is 1. The summed E-state index contributed by atoms with van der Waals surface area (Å²) in [5, 5.41) is 7.08. The highest BCUT2D eigenvalue weighted by molar-refractivity contribution is 7.14. The fraction of sp³-hybridized carbons (Fsp3) is 0.500. The Kier molecular flexibility index (Phi) is 7.03. The Hall–Kier alpha value is -2.09. The molecule has 2 fully saturated rings. The van der Waals surface area contributed by atoms with Crippen molar-refractivity contribution in [2.75, 3.05) is 64.4 Å². The topological polar surface area (TPSA) is 43.3 Å². The van der Waals surface area contributed by atoms with Gasteiger partial charge in [0.2, 0.25) is 0 Å². The summed E-state index contributed by atoms with van der Waals surface area (Å²) >= 11 is 1.82. The van der Waals surface area contributed by atoms with Gasteiger partial charge in [0.05, 0.1) is 18.2 Å². The molecular weight excluding hydrogens is 382 g/mol. The molecule has 156 valence electrons. The Morgan fingerprint density at radius 2 is 1.83 bits per heavy atom. The van der Waals surface area contributed by atoms with Crippen LogP contribution >= 0.6 is 11.3 Å². The van der Waals surface area contributed by atoms with Crippen molar-refractivity contribution in [3.8, 4) is 0 Å². The van der Waals surface area contributed by atoms with Crippen molar-refractivity contribution in [1.29, 1.82) is 0 Å². The minimum Gasteiger partial charge on any atom is -0.379 e. The van der Waals surface area contributed by atoms with Crippen molar-refractivity contribution in [2.45, 2.75) is 13.1 Å². The van der Waals surface area contributed by atoms with Crippen LogP contribution in [0.15, 0.2) is 46.8 Å². The summed E-state index contributed by atoms with van der Waals surface area (Å²) in [4.78, 5) is 11.8. The van der Waals surface area contributed by atoms with Crippen LogP contribution in [0, 0.1) is 0 Å². The van der Waals surface area contributed by atoms with E-state index < -0.39 is 0 Å². The van der Waals surface area contributed by atoms with E-state index in [-0.39, 0.29) is 0 Å². The normalized spacial score (nSPS) is 18.9. The summed E-state index contributed by atoms with van der Waals surface area (Å²) in [6.45, 7) is 9.59. The van der Waals surface area contributed by atoms with Crippen molar-refractivity contribution in [3.63, 3.8) is 0 Å². The number of hydrogen-bond donors (Lipinski definition) is 1. The monoisotopic (exact) mass is 413 g/mol. The number of hydrogen-bond acceptors (Lipinski definition) is 5. The van der Waals surface area contributed by atoms with E-state index in [2.05, 4.69) is 66.8 Å². The zero-order valence-electron chi connectivity index (χ0n) is 17.2. The first-order valence-electron chi connectivity index (χ1n) is 10.4. The van der Waals surface area contributed by atoms with Crippen LogP contribution < -0.4 is 10.2 Å². The third kappa shape index (κ3) is 5.50. The van der Waals surface area contributed by atoms with Crippen molar-refractivity contribution in [2.24, 2.45) is 4.99 Å². The van der Waals surface area contributed by atoms with Crippen LogP contribution in [-0.4, -0.2) is 75.3 Å². The number of ether oxygens (including phenoxy) is 1. The lowest BCUT2D eigenvalue weighted by molar-refractivity contribution is 0.0342. The molecule has 1 N–H and O–H groups in total. The molecule has 0 amide bonds. The molecule has 0 spiro atoms. The summed E-state index contributed by atoms with van der Waals surface area (Å²) in [6, 6.07) is 13.2. The molecule has 2 aliphatic heterocycles. The van der Waals surface area contributed by atoms with Gasteiger partial charge in [-0.15, -0.1) is 11.3 Å². The first kappa shape index (κ1) is 20.2. The quantitative estimate of drug-likeness (QED) is 0.603. The minimum atomic E-state index is 0.800. The number of piperazine rings is 1. The summed E-state index contributed by atoms with van der Waals surface area (Å²) in [7, 11) is 1.88. The predicted octanol–water partition coefficient (Wildman–Crippen LogP) is 2.48. The van der Waals surface area contributed by atoms with Crippen molar-refractivity contribution in [1.82, 2.24) is 15.1 Å². The van der Waals surface area contributed by atoms with Crippen molar-refractivity contribution in [3.05, 3.63) is 52.9 Å². The molecule has 2 saturated heterocycles. The van der Waals surface area contributed by atoms with Gasteiger partial charge in [-0.3, -0.25) is 9.89 Å². The average Bonchev–Trinajstić information content (AvgIpc) is 3.31. The third-order valence-electron chi connectivity index (χ3n) is 5.56. The molecule has 0 atom stereocenters. The van der Waals surface area contributed by atoms with Crippen molar-refractivity contribution < 1.29 is 4.74 Å². The summed E-state index contributed by atoms with van der Waals surface area (Å²) in [6.07, 6.45) is 0. The van der Waals surface area contributed by atoms with E-state index in [0.717, 1.165) is 71.5 Å². The van der Waals surface area contributed by atoms with Gasteiger partial charge in [0.25, 0.3) is 0 Å². The van der Waals surface area contributed by atoms with Gasteiger partial charge in [0.15, 0.2) is 5.96 Å². The molecule has 0 unspecified atom stereocenters. The highest BCUT2D eigenvalue weighted by Gasteiger charge is 2.20. The molecule has 3 heterocycles. The van der Waals surface area contributed by atoms with E-state index in [1.807, 2.05) is 18.4 Å². The number of aliphatic imine (C=N–C) groups is 1. The zero-order valence-corrected chi connectivity index (χ0v) is 18.0. The molecule has 0 radical (unpaired) electrons. The van der Waals surface area contributed by atoms with E-state index in [1.54, 1.807) is 0 Å². The fourth-order valence-electron chi connectivity index (χ4n) is 3.96. The molecule has 1 aromatic carbocycles. The maximum absolute atomic E-state index is 5.45. The maximum atomic E-state index is 5.45. The Morgan fingerprint density at radius 1 is 1.03 bits per heavy atom. The van der Waals surface area contributed by atoms with Crippen LogP contribution in [0.5, 0.6) is 0 Å². The minimum absolute atomic E-state index is 0.800. The van der Waals surface area contributed by atoms with E-state index in [1.165, 1.54) is 16.1 Å². The number of rotatable bonds is 5. The maximum Gasteiger partial charge on any atom is 0.194 e. The predicted molar refractivity (Wildman–Crippen MR) is 121 cm³/mol. The summed E-state index contributed by atoms with van der Waals surface area (Å²) in [5.41, 5.74) is 2.67. The first-order chi connectivity index (χ1) is 14.3. The lowest BCUT2D eigenvalue weighted by Gasteiger charge is -2.37. The summed E-state index contributed by atoms with van der Waals surface area (Å²) < 4.78 is 5.45. The van der Waals surface area contributed by atoms with E-state index in [4.69, 9.17) is 4.74 Å². The number of morpholine rings is 1. The van der Waals surface area contributed by atoms with Crippen LogP contribution in [0.1, 0.15) is 11.1 Å². The molecule has 29 heavy (non-hydrogen) atoms. The third-order valence-corrected chi connectivity index (χ3v) is 6.49. The molecule has 0 bridgehead atoms. The molecule has 6 nitrogen and oxygen atoms in total. The second-order valence-electron chi connectivity index (χ2n) is 7.53. The van der Waals surface area contributed by atoms with Crippen LogP contribution in [-0.2, 0) is 17.8 Å². The zero-order chi connectivity index (χ0) is 19.9. The van der Waals surface area contributed by atoms with Gasteiger partial charge in [0, 0.05) is 59.4 Å². The lowest BCUT2D eigenvalue weighted by Crippen LogP contribution is -2.52. The fourth-order valence-corrected chi connectivity index (χ4v) is 4.74. The van der Waals surface area contributed by atoms with Gasteiger partial charge in [-0.25, -0.2) is 0 Å². The van der Waals surface area contributed by atoms with Gasteiger partial charge < -0.3 is 19.9 Å². The molecule has 2 aromatic rings. The number of nitrogens with zero attached hydrogens (tertiary/aromatic N) is 4. The first-order valence-corrected chi connectivity index (χ1v) is 11.3. The van der Waals surface area contributed by atoms with E-state index >= 15 is 0 Å². The van der Waals surface area contributed by atoms with Gasteiger partial charge in [0.1, 0.15) is 0 Å². The van der Waals surface area contributed by atoms with E-state index in [9.17, 15) is 0 Å². The molecule has 4 rings (SSSR count). The second-order valence-corrected chi connectivity index (χ2v) is 8.46.